The number of ether oxygens (including phenoxy) is 1. The molecule has 0 unspecified atom stereocenters. The number of amides is 1. The maximum atomic E-state index is 11.8. The van der Waals surface area contributed by atoms with Crippen molar-refractivity contribution in [2.24, 2.45) is 0 Å². The minimum atomic E-state index is -0.690. The highest BCUT2D eigenvalue weighted by molar-refractivity contribution is 5.81. The van der Waals surface area contributed by atoms with Crippen LogP contribution in [0.2, 0.25) is 0 Å². The Morgan fingerprint density at radius 3 is 2.53 bits per heavy atom. The van der Waals surface area contributed by atoms with Crippen molar-refractivity contribution in [3.63, 3.8) is 0 Å². The molecule has 1 aliphatic heterocycles. The van der Waals surface area contributed by atoms with Crippen LogP contribution in [0.1, 0.15) is 51.4 Å². The van der Waals surface area contributed by atoms with Crippen LogP contribution in [0, 0.1) is 0 Å². The van der Waals surface area contributed by atoms with E-state index in [0.29, 0.717) is 13.2 Å². The van der Waals surface area contributed by atoms with Crippen LogP contribution < -0.4 is 5.32 Å². The molecule has 0 aromatic rings. The highest BCUT2D eigenvalue weighted by Crippen LogP contribution is 2.26. The van der Waals surface area contributed by atoms with Gasteiger partial charge in [0.1, 0.15) is 6.10 Å². The Morgan fingerprint density at radius 1 is 1.24 bits per heavy atom. The normalized spacial score (nSPS) is 28.6. The Labute approximate surface area is 103 Å². The largest absolute Gasteiger partial charge is 0.388 e. The van der Waals surface area contributed by atoms with E-state index in [0.717, 1.165) is 38.5 Å². The van der Waals surface area contributed by atoms with Crippen LogP contribution in [0.25, 0.3) is 0 Å². The lowest BCUT2D eigenvalue weighted by molar-refractivity contribution is -0.131. The molecule has 0 radical (unpaired) electrons. The molecular formula is C13H23NO3. The molecule has 0 aromatic heterocycles. The summed E-state index contributed by atoms with van der Waals surface area (Å²) in [4.78, 5) is 11.8. The number of carbonyl (C=O) groups excluding carboxylic acids is 1. The third-order valence-electron chi connectivity index (χ3n) is 3.85. The summed E-state index contributed by atoms with van der Waals surface area (Å²) in [5.74, 6) is -0.0554. The lowest BCUT2D eigenvalue weighted by Gasteiger charge is -2.27. The van der Waals surface area contributed by atoms with E-state index in [2.05, 4.69) is 5.32 Å². The molecule has 1 amide bonds. The number of rotatable bonds is 3. The Bertz CT molecular complexity index is 253. The van der Waals surface area contributed by atoms with Crippen molar-refractivity contribution in [2.45, 2.75) is 63.1 Å². The topological polar surface area (TPSA) is 58.6 Å². The van der Waals surface area contributed by atoms with Gasteiger partial charge in [-0.3, -0.25) is 4.79 Å². The molecule has 4 nitrogen and oxygen atoms in total. The zero-order chi connectivity index (χ0) is 12.1. The number of aliphatic hydroxyl groups is 1. The molecule has 2 N–H and O–H groups in total. The Balaban J connectivity index is 1.77. The molecule has 0 aromatic carbocycles. The van der Waals surface area contributed by atoms with Gasteiger partial charge in [0.25, 0.3) is 0 Å². The van der Waals surface area contributed by atoms with Crippen molar-refractivity contribution in [3.8, 4) is 0 Å². The zero-order valence-electron chi connectivity index (χ0n) is 10.4. The fraction of sp³-hybridized carbons (Fsp3) is 0.923. The summed E-state index contributed by atoms with van der Waals surface area (Å²) in [6.45, 7) is 1.06. The Morgan fingerprint density at radius 2 is 1.94 bits per heavy atom. The van der Waals surface area contributed by atoms with E-state index >= 15 is 0 Å². The van der Waals surface area contributed by atoms with E-state index in [1.165, 1.54) is 12.8 Å². The molecule has 0 spiro atoms. The van der Waals surface area contributed by atoms with Gasteiger partial charge in [-0.15, -0.1) is 0 Å². The van der Waals surface area contributed by atoms with Crippen molar-refractivity contribution in [3.05, 3.63) is 0 Å². The number of nitrogens with one attached hydrogen (secondary N) is 1. The molecule has 0 bridgehead atoms. The molecule has 1 atom stereocenters. The third kappa shape index (κ3) is 3.68. The molecule has 2 aliphatic rings. The van der Waals surface area contributed by atoms with Gasteiger partial charge in [-0.25, -0.2) is 0 Å². The highest BCUT2D eigenvalue weighted by Gasteiger charge is 2.30. The fourth-order valence-electron chi connectivity index (χ4n) is 2.71. The first-order valence-corrected chi connectivity index (χ1v) is 6.81. The van der Waals surface area contributed by atoms with E-state index in [1.54, 1.807) is 0 Å². The monoisotopic (exact) mass is 241 g/mol. The average Bonchev–Trinajstić information content (AvgIpc) is 2.77. The van der Waals surface area contributed by atoms with Gasteiger partial charge in [-0.1, -0.05) is 25.7 Å². The SMILES string of the molecule is O=C(NCC1(O)CCCCCC1)[C@@H]1CCCO1. The van der Waals surface area contributed by atoms with E-state index in [4.69, 9.17) is 4.74 Å². The van der Waals surface area contributed by atoms with Crippen LogP contribution >= 0.6 is 0 Å². The maximum absolute atomic E-state index is 11.8. The van der Waals surface area contributed by atoms with Gasteiger partial charge in [-0.2, -0.15) is 0 Å². The van der Waals surface area contributed by atoms with Crippen molar-refractivity contribution in [2.75, 3.05) is 13.2 Å². The second-order valence-electron chi connectivity index (χ2n) is 5.36. The lowest BCUT2D eigenvalue weighted by Crippen LogP contribution is -2.45. The highest BCUT2D eigenvalue weighted by atomic mass is 16.5. The van der Waals surface area contributed by atoms with E-state index in [9.17, 15) is 9.90 Å². The van der Waals surface area contributed by atoms with Gasteiger partial charge < -0.3 is 15.2 Å². The molecule has 4 heteroatoms. The smallest absolute Gasteiger partial charge is 0.249 e. The first-order valence-electron chi connectivity index (χ1n) is 6.81. The summed E-state index contributed by atoms with van der Waals surface area (Å²) in [5.41, 5.74) is -0.690. The van der Waals surface area contributed by atoms with E-state index in [-0.39, 0.29) is 12.0 Å². The minimum absolute atomic E-state index is 0.0554. The number of carbonyl (C=O) groups is 1. The predicted octanol–water partition coefficient (Wildman–Crippen LogP) is 1.37. The lowest BCUT2D eigenvalue weighted by atomic mass is 9.94. The van der Waals surface area contributed by atoms with Crippen LogP contribution in [0.5, 0.6) is 0 Å². The summed E-state index contributed by atoms with van der Waals surface area (Å²) in [5, 5.41) is 13.2. The molecule has 2 rings (SSSR count). The van der Waals surface area contributed by atoms with Crippen molar-refractivity contribution in [1.29, 1.82) is 0 Å². The van der Waals surface area contributed by atoms with Gasteiger partial charge in [0, 0.05) is 13.2 Å². The molecule has 1 heterocycles. The molecule has 1 saturated carbocycles. The summed E-state index contributed by atoms with van der Waals surface area (Å²) in [6, 6.07) is 0. The molecule has 98 valence electrons. The van der Waals surface area contributed by atoms with Crippen molar-refractivity contribution in [1.82, 2.24) is 5.32 Å². The fourth-order valence-corrected chi connectivity index (χ4v) is 2.71. The van der Waals surface area contributed by atoms with Gasteiger partial charge in [0.15, 0.2) is 0 Å². The summed E-state index contributed by atoms with van der Waals surface area (Å²) < 4.78 is 5.32. The second-order valence-corrected chi connectivity index (χ2v) is 5.36. The van der Waals surface area contributed by atoms with Crippen LogP contribution in [0.15, 0.2) is 0 Å². The van der Waals surface area contributed by atoms with E-state index < -0.39 is 5.60 Å². The third-order valence-corrected chi connectivity index (χ3v) is 3.85. The zero-order valence-corrected chi connectivity index (χ0v) is 10.4. The quantitative estimate of drug-likeness (QED) is 0.734. The van der Waals surface area contributed by atoms with Gasteiger partial charge in [-0.05, 0) is 25.7 Å². The number of hydrogen-bond acceptors (Lipinski definition) is 3. The summed E-state index contributed by atoms with van der Waals surface area (Å²) in [6.07, 6.45) is 7.61. The van der Waals surface area contributed by atoms with Gasteiger partial charge in [0.05, 0.1) is 5.60 Å². The van der Waals surface area contributed by atoms with Crippen LogP contribution in [0.3, 0.4) is 0 Å². The maximum Gasteiger partial charge on any atom is 0.249 e. The summed E-state index contributed by atoms with van der Waals surface area (Å²) in [7, 11) is 0. The average molecular weight is 241 g/mol. The van der Waals surface area contributed by atoms with Crippen LogP contribution in [-0.4, -0.2) is 35.9 Å². The second kappa shape index (κ2) is 5.83. The van der Waals surface area contributed by atoms with Crippen LogP contribution in [0.4, 0.5) is 0 Å². The van der Waals surface area contributed by atoms with E-state index in [1.807, 2.05) is 0 Å². The van der Waals surface area contributed by atoms with Crippen molar-refractivity contribution < 1.29 is 14.6 Å². The van der Waals surface area contributed by atoms with Gasteiger partial charge in [0.2, 0.25) is 5.91 Å². The Kier molecular flexibility index (Phi) is 4.40. The first kappa shape index (κ1) is 12.8. The Hall–Kier alpha value is -0.610. The molecule has 1 aliphatic carbocycles. The molecule has 17 heavy (non-hydrogen) atoms. The van der Waals surface area contributed by atoms with Crippen molar-refractivity contribution >= 4 is 5.91 Å². The predicted molar refractivity (Wildman–Crippen MR) is 64.6 cm³/mol. The summed E-state index contributed by atoms with van der Waals surface area (Å²) >= 11 is 0. The molecular weight excluding hydrogens is 218 g/mol. The number of hydrogen-bond donors (Lipinski definition) is 2. The van der Waals surface area contributed by atoms with Gasteiger partial charge >= 0.3 is 0 Å². The minimum Gasteiger partial charge on any atom is -0.388 e. The first-order chi connectivity index (χ1) is 8.20. The molecule has 2 fully saturated rings. The van der Waals surface area contributed by atoms with Crippen LogP contribution in [-0.2, 0) is 9.53 Å². The standard InChI is InChI=1S/C13H23NO3/c15-12(11-6-5-9-17-11)14-10-13(16)7-3-1-2-4-8-13/h11,16H,1-10H2,(H,14,15)/t11-/m0/s1. The molecule has 1 saturated heterocycles.